The van der Waals surface area contributed by atoms with Crippen molar-refractivity contribution in [1.82, 2.24) is 0 Å². The van der Waals surface area contributed by atoms with Crippen LogP contribution in [0.5, 0.6) is 0 Å². The predicted molar refractivity (Wildman–Crippen MR) is 51.6 cm³/mol. The van der Waals surface area contributed by atoms with E-state index in [-0.39, 0.29) is 17.1 Å². The van der Waals surface area contributed by atoms with E-state index in [1.165, 1.54) is 25.7 Å². The standard InChI is InChI=1S/2C4H9.CH3NO2.Zn/c2*1-3-4-2;2-1(3)4;/h2*1,3-4H2,2H3;2H2,(H,3,4);. The molecular formula is C9H21NO2Zn. The summed E-state index contributed by atoms with van der Waals surface area (Å²) in [6, 6.07) is 0. The molecule has 4 heteroatoms. The first-order valence-electron chi connectivity index (χ1n) is 5.13. The van der Waals surface area contributed by atoms with Crippen LogP contribution in [0.2, 0.25) is 10.0 Å². The van der Waals surface area contributed by atoms with Gasteiger partial charge in [-0.1, -0.05) is 0 Å². The van der Waals surface area contributed by atoms with Gasteiger partial charge < -0.3 is 10.8 Å². The Morgan fingerprint density at radius 2 is 1.54 bits per heavy atom. The molecule has 0 atom stereocenters. The molecule has 0 unspecified atom stereocenters. The Morgan fingerprint density at radius 3 is 1.77 bits per heavy atom. The Balaban J connectivity index is 0. The first-order chi connectivity index (χ1) is 6.15. The van der Waals surface area contributed by atoms with Crippen LogP contribution in [0.4, 0.5) is 4.79 Å². The molecule has 0 saturated heterocycles. The fourth-order valence-corrected chi connectivity index (χ4v) is 5.35. The largest absolute Gasteiger partial charge is 0.465 e. The molecule has 0 radical (unpaired) electrons. The van der Waals surface area contributed by atoms with Gasteiger partial charge in [0.1, 0.15) is 0 Å². The van der Waals surface area contributed by atoms with Crippen molar-refractivity contribution in [3.05, 3.63) is 0 Å². The van der Waals surface area contributed by atoms with E-state index in [9.17, 15) is 0 Å². The van der Waals surface area contributed by atoms with Crippen LogP contribution in [0, 0.1) is 0 Å². The molecular weight excluding hydrogens is 219 g/mol. The molecule has 0 aliphatic heterocycles. The Bertz CT molecular complexity index is 99.8. The van der Waals surface area contributed by atoms with E-state index in [1.54, 1.807) is 10.0 Å². The number of rotatable bonds is 6. The van der Waals surface area contributed by atoms with Crippen molar-refractivity contribution in [2.75, 3.05) is 0 Å². The third kappa shape index (κ3) is 33.5. The zero-order valence-electron chi connectivity index (χ0n) is 8.88. The van der Waals surface area contributed by atoms with Crippen molar-refractivity contribution in [1.29, 1.82) is 0 Å². The van der Waals surface area contributed by atoms with Crippen LogP contribution >= 0.6 is 0 Å². The first kappa shape index (κ1) is 15.4. The Kier molecular flexibility index (Phi) is 17.0. The molecule has 13 heavy (non-hydrogen) atoms. The van der Waals surface area contributed by atoms with Crippen molar-refractivity contribution < 1.29 is 27.0 Å². The van der Waals surface area contributed by atoms with Gasteiger partial charge in [-0.05, 0) is 0 Å². The maximum atomic E-state index is 8.78. The van der Waals surface area contributed by atoms with Crippen LogP contribution in [0.3, 0.4) is 0 Å². The summed E-state index contributed by atoms with van der Waals surface area (Å²) in [6.07, 6.45) is 4.53. The van der Waals surface area contributed by atoms with Crippen molar-refractivity contribution in [3.8, 4) is 0 Å². The average molecular weight is 241 g/mol. The third-order valence-corrected chi connectivity index (χ3v) is 5.90. The second-order valence-electron chi connectivity index (χ2n) is 3.11. The SMILES string of the molecule is CCC[CH2][Zn][CH2]CCC.NC(=O)O. The summed E-state index contributed by atoms with van der Waals surface area (Å²) >= 11 is 0.0146. The van der Waals surface area contributed by atoms with Gasteiger partial charge in [-0.2, -0.15) is 0 Å². The molecule has 0 spiro atoms. The molecule has 0 aromatic carbocycles. The number of hydrogen-bond acceptors (Lipinski definition) is 1. The molecule has 0 aromatic rings. The van der Waals surface area contributed by atoms with Gasteiger partial charge in [-0.25, -0.2) is 4.79 Å². The van der Waals surface area contributed by atoms with E-state index >= 15 is 0 Å². The molecule has 3 N–H and O–H groups in total. The molecule has 0 aliphatic carbocycles. The van der Waals surface area contributed by atoms with Gasteiger partial charge in [0.05, 0.1) is 0 Å². The van der Waals surface area contributed by atoms with Crippen molar-refractivity contribution in [3.63, 3.8) is 0 Å². The van der Waals surface area contributed by atoms with Crippen LogP contribution in [0.15, 0.2) is 0 Å². The van der Waals surface area contributed by atoms with Gasteiger partial charge in [0.15, 0.2) is 0 Å². The molecule has 0 saturated carbocycles. The summed E-state index contributed by atoms with van der Waals surface area (Å²) in [4.78, 5) is 8.78. The summed E-state index contributed by atoms with van der Waals surface area (Å²) < 4.78 is 0. The number of carboxylic acid groups (broad SMARTS) is 1. The molecule has 76 valence electrons. The molecule has 0 aliphatic rings. The van der Waals surface area contributed by atoms with E-state index in [4.69, 9.17) is 9.90 Å². The van der Waals surface area contributed by atoms with Gasteiger partial charge in [0.25, 0.3) is 0 Å². The third-order valence-electron chi connectivity index (χ3n) is 1.71. The number of nitrogens with two attached hydrogens (primary N) is 1. The van der Waals surface area contributed by atoms with Crippen LogP contribution in [-0.4, -0.2) is 11.2 Å². The minimum atomic E-state index is -1.33. The Morgan fingerprint density at radius 1 is 1.23 bits per heavy atom. The van der Waals surface area contributed by atoms with Gasteiger partial charge >= 0.3 is 72.8 Å². The molecule has 0 fully saturated rings. The molecule has 1 amide bonds. The molecule has 0 rings (SSSR count). The van der Waals surface area contributed by atoms with Crippen molar-refractivity contribution >= 4 is 6.09 Å². The van der Waals surface area contributed by atoms with Gasteiger partial charge in [-0.15, -0.1) is 0 Å². The number of carbonyl (C=O) groups is 1. The zero-order chi connectivity index (χ0) is 10.5. The topological polar surface area (TPSA) is 63.3 Å². The molecule has 0 aromatic heterocycles. The summed E-state index contributed by atoms with van der Waals surface area (Å²) in [5.41, 5.74) is 4.03. The van der Waals surface area contributed by atoms with Crippen molar-refractivity contribution in [2.45, 2.75) is 49.6 Å². The minimum absolute atomic E-state index is 0.0146. The quantitative estimate of drug-likeness (QED) is 0.553. The smallest absolute Gasteiger partial charge is 0.402 e. The fourth-order valence-electron chi connectivity index (χ4n) is 1.03. The number of primary amides is 1. The summed E-state index contributed by atoms with van der Waals surface area (Å²) in [5, 5.41) is 10.5. The number of amides is 1. The maximum absolute atomic E-state index is 8.78. The Hall–Kier alpha value is -0.107. The first-order valence-corrected chi connectivity index (χ1v) is 9.33. The fraction of sp³-hybridized carbons (Fsp3) is 0.889. The van der Waals surface area contributed by atoms with E-state index in [0.717, 1.165) is 0 Å². The van der Waals surface area contributed by atoms with Crippen LogP contribution in [0.25, 0.3) is 0 Å². The van der Waals surface area contributed by atoms with E-state index < -0.39 is 6.09 Å². The molecule has 0 bridgehead atoms. The summed E-state index contributed by atoms with van der Waals surface area (Å²) in [5.74, 6) is 0. The predicted octanol–water partition coefficient (Wildman–Crippen LogP) is 3.13. The van der Waals surface area contributed by atoms with Crippen LogP contribution < -0.4 is 5.73 Å². The Labute approximate surface area is 88.7 Å². The summed E-state index contributed by atoms with van der Waals surface area (Å²) in [7, 11) is 0. The number of hydrogen-bond donors (Lipinski definition) is 2. The monoisotopic (exact) mass is 239 g/mol. The zero-order valence-corrected chi connectivity index (χ0v) is 11.8. The van der Waals surface area contributed by atoms with Gasteiger partial charge in [0, 0.05) is 0 Å². The van der Waals surface area contributed by atoms with E-state index in [0.29, 0.717) is 0 Å². The molecule has 3 nitrogen and oxygen atoms in total. The van der Waals surface area contributed by atoms with Crippen LogP contribution in [0.1, 0.15) is 39.5 Å². The second kappa shape index (κ2) is 14.4. The minimum Gasteiger partial charge on any atom is -0.465 e. The van der Waals surface area contributed by atoms with E-state index in [1.807, 2.05) is 0 Å². The second-order valence-corrected chi connectivity index (χ2v) is 7.56. The van der Waals surface area contributed by atoms with Crippen molar-refractivity contribution in [2.24, 2.45) is 5.73 Å². The maximum Gasteiger partial charge on any atom is 0.402 e. The number of unbranched alkanes of at least 4 members (excludes halogenated alkanes) is 2. The normalized spacial score (nSPS) is 8.15. The van der Waals surface area contributed by atoms with Gasteiger partial charge in [0.2, 0.25) is 0 Å². The average Bonchev–Trinajstić information content (AvgIpc) is 2.03. The summed E-state index contributed by atoms with van der Waals surface area (Å²) in [6.45, 7) is 4.59. The van der Waals surface area contributed by atoms with Gasteiger partial charge in [-0.3, -0.25) is 0 Å². The van der Waals surface area contributed by atoms with Crippen LogP contribution in [-0.2, 0) is 17.1 Å². The van der Waals surface area contributed by atoms with E-state index in [2.05, 4.69) is 19.6 Å². The molecule has 0 heterocycles.